The van der Waals surface area contributed by atoms with Gasteiger partial charge in [-0.1, -0.05) is 0 Å². The number of halogens is 1. The van der Waals surface area contributed by atoms with Gasteiger partial charge < -0.3 is 10.1 Å². The monoisotopic (exact) mass is 207 g/mol. The summed E-state index contributed by atoms with van der Waals surface area (Å²) in [6.07, 6.45) is 1.52. The van der Waals surface area contributed by atoms with Crippen molar-refractivity contribution < 1.29 is 4.74 Å². The SMILES string of the molecule is ClCCOCCNc1ncns1. The summed E-state index contributed by atoms with van der Waals surface area (Å²) in [6.45, 7) is 1.98. The summed E-state index contributed by atoms with van der Waals surface area (Å²) >= 11 is 6.75. The minimum Gasteiger partial charge on any atom is -0.378 e. The van der Waals surface area contributed by atoms with Gasteiger partial charge in [-0.15, -0.1) is 11.6 Å². The molecule has 0 saturated heterocycles. The van der Waals surface area contributed by atoms with Crippen LogP contribution in [-0.2, 0) is 4.74 Å². The highest BCUT2D eigenvalue weighted by Gasteiger charge is 1.93. The molecule has 0 bridgehead atoms. The van der Waals surface area contributed by atoms with Gasteiger partial charge in [0.15, 0.2) is 0 Å². The molecule has 0 radical (unpaired) electrons. The third-order valence-corrected chi connectivity index (χ3v) is 1.88. The van der Waals surface area contributed by atoms with Crippen molar-refractivity contribution in [3.8, 4) is 0 Å². The fraction of sp³-hybridized carbons (Fsp3) is 0.667. The Kier molecular flexibility index (Phi) is 4.98. The van der Waals surface area contributed by atoms with E-state index in [0.29, 0.717) is 19.1 Å². The first-order valence-corrected chi connectivity index (χ1v) is 4.88. The predicted molar refractivity (Wildman–Crippen MR) is 49.9 cm³/mol. The predicted octanol–water partition coefficient (Wildman–Crippen LogP) is 1.21. The highest BCUT2D eigenvalue weighted by atomic mass is 35.5. The summed E-state index contributed by atoms with van der Waals surface area (Å²) in [5, 5.41) is 3.88. The molecule has 0 saturated carbocycles. The summed E-state index contributed by atoms with van der Waals surface area (Å²) in [7, 11) is 0. The van der Waals surface area contributed by atoms with E-state index in [4.69, 9.17) is 16.3 Å². The maximum atomic E-state index is 5.41. The zero-order chi connectivity index (χ0) is 8.65. The summed E-state index contributed by atoms with van der Waals surface area (Å²) in [5.74, 6) is 0.540. The number of rotatable bonds is 6. The summed E-state index contributed by atoms with van der Waals surface area (Å²) in [5.41, 5.74) is 0. The van der Waals surface area contributed by atoms with Gasteiger partial charge in [-0.05, 0) is 0 Å². The first-order chi connectivity index (χ1) is 5.93. The molecule has 0 aliphatic carbocycles. The van der Waals surface area contributed by atoms with Crippen LogP contribution in [-0.4, -0.2) is 35.0 Å². The Morgan fingerprint density at radius 3 is 3.17 bits per heavy atom. The first-order valence-electron chi connectivity index (χ1n) is 3.57. The smallest absolute Gasteiger partial charge is 0.202 e. The van der Waals surface area contributed by atoms with Gasteiger partial charge >= 0.3 is 0 Å². The molecule has 0 spiro atoms. The molecule has 0 aromatic carbocycles. The van der Waals surface area contributed by atoms with Crippen LogP contribution in [0.15, 0.2) is 6.33 Å². The Morgan fingerprint density at radius 2 is 2.50 bits per heavy atom. The maximum absolute atomic E-state index is 5.41. The van der Waals surface area contributed by atoms with E-state index >= 15 is 0 Å². The van der Waals surface area contributed by atoms with E-state index < -0.39 is 0 Å². The van der Waals surface area contributed by atoms with Gasteiger partial charge in [0.25, 0.3) is 0 Å². The maximum Gasteiger partial charge on any atom is 0.202 e. The Balaban J connectivity index is 1.96. The van der Waals surface area contributed by atoms with Crippen LogP contribution in [0.3, 0.4) is 0 Å². The summed E-state index contributed by atoms with van der Waals surface area (Å²) in [6, 6.07) is 0. The molecule has 4 nitrogen and oxygen atoms in total. The molecule has 0 atom stereocenters. The van der Waals surface area contributed by atoms with Crippen molar-refractivity contribution in [2.75, 3.05) is 31.0 Å². The van der Waals surface area contributed by atoms with Crippen molar-refractivity contribution >= 4 is 28.3 Å². The van der Waals surface area contributed by atoms with E-state index in [2.05, 4.69) is 14.7 Å². The molecule has 0 fully saturated rings. The largest absolute Gasteiger partial charge is 0.378 e. The number of alkyl halides is 1. The van der Waals surface area contributed by atoms with Gasteiger partial charge in [0.2, 0.25) is 5.13 Å². The highest BCUT2D eigenvalue weighted by molar-refractivity contribution is 7.09. The van der Waals surface area contributed by atoms with Crippen molar-refractivity contribution in [2.45, 2.75) is 0 Å². The number of aromatic nitrogens is 2. The Bertz CT molecular complexity index is 195. The molecule has 0 amide bonds. The molecule has 1 N–H and O–H groups in total. The van der Waals surface area contributed by atoms with Crippen LogP contribution in [0, 0.1) is 0 Å². The Hall–Kier alpha value is -0.390. The third-order valence-electron chi connectivity index (χ3n) is 1.11. The quantitative estimate of drug-likeness (QED) is 0.563. The average Bonchev–Trinajstić information content (AvgIpc) is 2.57. The van der Waals surface area contributed by atoms with Crippen LogP contribution in [0.2, 0.25) is 0 Å². The zero-order valence-corrected chi connectivity index (χ0v) is 8.07. The number of anilines is 1. The number of hydrogen-bond acceptors (Lipinski definition) is 5. The second kappa shape index (κ2) is 6.16. The van der Waals surface area contributed by atoms with Crippen molar-refractivity contribution in [1.82, 2.24) is 9.36 Å². The number of nitrogens with zero attached hydrogens (tertiary/aromatic N) is 2. The summed E-state index contributed by atoms with van der Waals surface area (Å²) in [4.78, 5) is 3.95. The van der Waals surface area contributed by atoms with Crippen molar-refractivity contribution in [3.05, 3.63) is 6.33 Å². The van der Waals surface area contributed by atoms with Gasteiger partial charge in [-0.3, -0.25) is 0 Å². The number of ether oxygens (including phenoxy) is 1. The molecule has 0 aliphatic rings. The van der Waals surface area contributed by atoms with E-state index in [9.17, 15) is 0 Å². The number of hydrogen-bond donors (Lipinski definition) is 1. The van der Waals surface area contributed by atoms with E-state index in [-0.39, 0.29) is 0 Å². The van der Waals surface area contributed by atoms with Crippen molar-refractivity contribution in [1.29, 1.82) is 0 Å². The van der Waals surface area contributed by atoms with E-state index in [1.165, 1.54) is 17.9 Å². The van der Waals surface area contributed by atoms with Crippen LogP contribution < -0.4 is 5.32 Å². The van der Waals surface area contributed by atoms with Gasteiger partial charge in [0.05, 0.1) is 13.2 Å². The van der Waals surface area contributed by atoms with E-state index in [0.717, 1.165) is 11.7 Å². The van der Waals surface area contributed by atoms with Gasteiger partial charge in [0.1, 0.15) is 6.33 Å². The molecule has 12 heavy (non-hydrogen) atoms. The standard InChI is InChI=1S/C6H10ClN3OS/c7-1-3-11-4-2-8-6-9-5-10-12-6/h5H,1-4H2,(H,8,9,10). The molecule has 0 aliphatic heterocycles. The van der Waals surface area contributed by atoms with E-state index in [1.54, 1.807) is 0 Å². The van der Waals surface area contributed by atoms with Crippen molar-refractivity contribution in [3.63, 3.8) is 0 Å². The van der Waals surface area contributed by atoms with Gasteiger partial charge in [-0.25, -0.2) is 4.98 Å². The molecule has 1 aromatic heterocycles. The Labute approximate surface area is 80.1 Å². The summed E-state index contributed by atoms with van der Waals surface area (Å²) < 4.78 is 8.99. The molecule has 6 heteroatoms. The lowest BCUT2D eigenvalue weighted by Gasteiger charge is -2.01. The third kappa shape index (κ3) is 3.85. The van der Waals surface area contributed by atoms with Crippen LogP contribution in [0.5, 0.6) is 0 Å². The first kappa shape index (κ1) is 9.70. The second-order valence-corrected chi connectivity index (χ2v) is 3.13. The Morgan fingerprint density at radius 1 is 1.58 bits per heavy atom. The molecular weight excluding hydrogens is 198 g/mol. The van der Waals surface area contributed by atoms with Crippen LogP contribution in [0.25, 0.3) is 0 Å². The van der Waals surface area contributed by atoms with Crippen molar-refractivity contribution in [2.24, 2.45) is 0 Å². The fourth-order valence-electron chi connectivity index (χ4n) is 0.638. The lowest BCUT2D eigenvalue weighted by molar-refractivity contribution is 0.160. The zero-order valence-electron chi connectivity index (χ0n) is 6.49. The van der Waals surface area contributed by atoms with Crippen LogP contribution >= 0.6 is 23.1 Å². The second-order valence-electron chi connectivity index (χ2n) is 1.97. The molecule has 68 valence electrons. The van der Waals surface area contributed by atoms with Gasteiger partial charge in [-0.2, -0.15) is 4.37 Å². The molecule has 0 unspecified atom stereocenters. The molecule has 1 aromatic rings. The minimum absolute atomic E-state index is 0.540. The lowest BCUT2D eigenvalue weighted by atomic mass is 10.7. The molecular formula is C6H10ClN3OS. The van der Waals surface area contributed by atoms with Crippen LogP contribution in [0.4, 0.5) is 5.13 Å². The fourth-order valence-corrected chi connectivity index (χ4v) is 1.20. The van der Waals surface area contributed by atoms with E-state index in [1.807, 2.05) is 0 Å². The topological polar surface area (TPSA) is 47.0 Å². The molecule has 1 heterocycles. The minimum atomic E-state index is 0.540. The van der Waals surface area contributed by atoms with Crippen LogP contribution in [0.1, 0.15) is 0 Å². The average molecular weight is 208 g/mol. The lowest BCUT2D eigenvalue weighted by Crippen LogP contribution is -2.10. The van der Waals surface area contributed by atoms with Gasteiger partial charge in [0, 0.05) is 24.0 Å². The normalized spacial score (nSPS) is 10.1. The highest BCUT2D eigenvalue weighted by Crippen LogP contribution is 2.04. The number of nitrogens with one attached hydrogen (secondary N) is 1. The molecule has 1 rings (SSSR count).